The van der Waals surface area contributed by atoms with Crippen molar-refractivity contribution in [1.82, 2.24) is 9.55 Å². The van der Waals surface area contributed by atoms with E-state index in [0.717, 1.165) is 24.4 Å². The normalized spacial score (nSPS) is 10.2. The number of aryl methyl sites for hydroxylation is 1. The monoisotopic (exact) mass is 503 g/mol. The van der Waals surface area contributed by atoms with Crippen molar-refractivity contribution in [3.63, 3.8) is 0 Å². The summed E-state index contributed by atoms with van der Waals surface area (Å²) in [7, 11) is 0. The van der Waals surface area contributed by atoms with Crippen molar-refractivity contribution >= 4 is 17.9 Å². The van der Waals surface area contributed by atoms with Crippen LogP contribution in [0.3, 0.4) is 0 Å². The molecule has 1 unspecified atom stereocenters. The van der Waals surface area contributed by atoms with Crippen LogP contribution in [-0.2, 0) is 6.42 Å². The SMILES string of the molecule is CCCCCCCCCCCc1nccn1C(C)C#N.O=C([O-])c1ccc(C(=O)[O-])c(C(=O)[O-])c1.[Li+].[Li+].[Li+]. The molecule has 2 rings (SSSR count). The quantitative estimate of drug-likeness (QED) is 0.181. The molecule has 0 N–H and O–H groups in total. The first-order chi connectivity index (χ1) is 16.7. The van der Waals surface area contributed by atoms with Gasteiger partial charge in [0, 0.05) is 29.9 Å². The number of nitrogens with zero attached hydrogens (tertiary/aromatic N) is 3. The Balaban J connectivity index is -0.000000617. The van der Waals surface area contributed by atoms with Gasteiger partial charge in [-0.25, -0.2) is 4.98 Å². The summed E-state index contributed by atoms with van der Waals surface area (Å²) < 4.78 is 1.99. The average molecular weight is 503 g/mol. The zero-order valence-corrected chi connectivity index (χ0v) is 23.3. The molecule has 38 heavy (non-hydrogen) atoms. The van der Waals surface area contributed by atoms with Crippen LogP contribution in [0.4, 0.5) is 0 Å². The van der Waals surface area contributed by atoms with E-state index in [2.05, 4.69) is 18.0 Å². The molecule has 1 aromatic carbocycles. The van der Waals surface area contributed by atoms with Crippen LogP contribution in [0.5, 0.6) is 0 Å². The number of benzene rings is 1. The number of carboxylic acid groups (broad SMARTS) is 3. The topological polar surface area (TPSA) is 162 Å². The van der Waals surface area contributed by atoms with Crippen LogP contribution in [0.2, 0.25) is 0 Å². The number of hydrogen-bond donors (Lipinski definition) is 0. The molecule has 0 saturated carbocycles. The summed E-state index contributed by atoms with van der Waals surface area (Å²) in [5.41, 5.74) is -1.84. The average Bonchev–Trinajstić information content (AvgIpc) is 3.31. The van der Waals surface area contributed by atoms with Crippen LogP contribution in [0.1, 0.15) is 115 Å². The maximum Gasteiger partial charge on any atom is 1.00 e. The van der Waals surface area contributed by atoms with Gasteiger partial charge in [0.2, 0.25) is 0 Å². The van der Waals surface area contributed by atoms with Crippen molar-refractivity contribution in [2.45, 2.75) is 84.1 Å². The van der Waals surface area contributed by atoms with Gasteiger partial charge in [-0.3, -0.25) is 0 Å². The minimum absolute atomic E-state index is 0. The van der Waals surface area contributed by atoms with E-state index in [4.69, 9.17) is 5.26 Å². The third kappa shape index (κ3) is 14.9. The van der Waals surface area contributed by atoms with E-state index in [9.17, 15) is 29.7 Å². The molecule has 190 valence electrons. The molecule has 0 amide bonds. The number of carbonyl (C=O) groups is 3. The van der Waals surface area contributed by atoms with Crippen molar-refractivity contribution in [3.8, 4) is 6.07 Å². The van der Waals surface area contributed by atoms with Crippen molar-refractivity contribution < 1.29 is 86.3 Å². The molecule has 0 aliphatic rings. The second-order valence-electron chi connectivity index (χ2n) is 8.26. The second-order valence-corrected chi connectivity index (χ2v) is 8.26. The van der Waals surface area contributed by atoms with Crippen molar-refractivity contribution in [3.05, 3.63) is 53.1 Å². The van der Waals surface area contributed by atoms with Crippen LogP contribution in [0.15, 0.2) is 30.6 Å². The number of aromatic nitrogens is 2. The Bertz CT molecular complexity index is 1020. The first-order valence-electron chi connectivity index (χ1n) is 11.9. The minimum atomic E-state index is -1.79. The number of carbonyl (C=O) groups excluding carboxylic acids is 3. The third-order valence-electron chi connectivity index (χ3n) is 5.55. The Labute approximate surface area is 260 Å². The van der Waals surface area contributed by atoms with E-state index in [1.807, 2.05) is 17.7 Å². The number of hydrogen-bond acceptors (Lipinski definition) is 8. The summed E-state index contributed by atoms with van der Waals surface area (Å²) in [6.45, 7) is 4.18. The zero-order chi connectivity index (χ0) is 26.2. The van der Waals surface area contributed by atoms with E-state index < -0.39 is 34.6 Å². The first kappa shape index (κ1) is 40.6. The molecule has 1 aromatic heterocycles. The first-order valence-corrected chi connectivity index (χ1v) is 11.9. The van der Waals surface area contributed by atoms with E-state index in [-0.39, 0.29) is 62.6 Å². The van der Waals surface area contributed by atoms with Crippen LogP contribution in [-0.4, -0.2) is 27.5 Å². The van der Waals surface area contributed by atoms with Gasteiger partial charge in [-0.15, -0.1) is 0 Å². The summed E-state index contributed by atoms with van der Waals surface area (Å²) >= 11 is 0. The van der Waals surface area contributed by atoms with Crippen molar-refractivity contribution in [1.29, 1.82) is 5.26 Å². The molecule has 0 bridgehead atoms. The molecule has 0 spiro atoms. The van der Waals surface area contributed by atoms with Crippen LogP contribution in [0, 0.1) is 11.3 Å². The summed E-state index contributed by atoms with van der Waals surface area (Å²) in [6, 6.07) is 4.53. The minimum Gasteiger partial charge on any atom is -0.545 e. The predicted molar refractivity (Wildman–Crippen MR) is 123 cm³/mol. The Morgan fingerprint density at radius 2 is 1.39 bits per heavy atom. The number of unbranched alkanes of at least 4 members (excludes halogenated alkanes) is 8. The molecule has 1 atom stereocenters. The van der Waals surface area contributed by atoms with Crippen LogP contribution >= 0.6 is 0 Å². The summed E-state index contributed by atoms with van der Waals surface area (Å²) in [5, 5.41) is 40.3. The number of imidazole rings is 1. The molecule has 1 heterocycles. The van der Waals surface area contributed by atoms with Gasteiger partial charge in [0.05, 0.1) is 24.0 Å². The van der Waals surface area contributed by atoms with Gasteiger partial charge >= 0.3 is 56.6 Å². The molecular formula is C26H32Li3N3O6. The Morgan fingerprint density at radius 3 is 1.87 bits per heavy atom. The fourth-order valence-electron chi connectivity index (χ4n) is 3.56. The Hall–Kier alpha value is -1.88. The molecule has 2 aromatic rings. The van der Waals surface area contributed by atoms with Gasteiger partial charge in [0.1, 0.15) is 11.9 Å². The van der Waals surface area contributed by atoms with Crippen LogP contribution in [0.25, 0.3) is 0 Å². The van der Waals surface area contributed by atoms with E-state index in [0.29, 0.717) is 6.07 Å². The number of carboxylic acids is 3. The molecule has 12 heteroatoms. The molecule has 0 radical (unpaired) electrons. The standard InChI is InChI=1S/C17H29N3.C9H6O6.3Li/c1-3-4-5-6-7-8-9-10-11-12-17-19-13-14-20(17)16(2)15-18;10-7(11)4-1-2-5(8(12)13)6(3-4)9(14)15;;;/h13-14,16H,3-12H2,1-2H3;1-3H,(H,10,11)(H,12,13)(H,14,15);;;/q;;3*+1/p-3. The van der Waals surface area contributed by atoms with Gasteiger partial charge in [-0.2, -0.15) is 5.26 Å². The molecule has 0 aliphatic carbocycles. The van der Waals surface area contributed by atoms with E-state index in [1.165, 1.54) is 57.8 Å². The molecule has 9 nitrogen and oxygen atoms in total. The van der Waals surface area contributed by atoms with Gasteiger partial charge in [0.15, 0.2) is 0 Å². The van der Waals surface area contributed by atoms with E-state index in [1.54, 1.807) is 6.20 Å². The number of nitriles is 1. The number of aromatic carboxylic acids is 3. The fourth-order valence-corrected chi connectivity index (χ4v) is 3.56. The molecule has 0 aliphatic heterocycles. The van der Waals surface area contributed by atoms with E-state index >= 15 is 0 Å². The summed E-state index contributed by atoms with van der Waals surface area (Å²) in [4.78, 5) is 35.7. The van der Waals surface area contributed by atoms with Gasteiger partial charge in [-0.1, -0.05) is 70.4 Å². The van der Waals surface area contributed by atoms with Gasteiger partial charge < -0.3 is 34.3 Å². The maximum absolute atomic E-state index is 10.5. The summed E-state index contributed by atoms with van der Waals surface area (Å²) in [5.74, 6) is -4.07. The molecule has 0 saturated heterocycles. The molecular weight excluding hydrogens is 471 g/mol. The van der Waals surface area contributed by atoms with Crippen molar-refractivity contribution in [2.75, 3.05) is 0 Å². The Kier molecular flexibility index (Phi) is 24.6. The van der Waals surface area contributed by atoms with Crippen LogP contribution < -0.4 is 71.9 Å². The fraction of sp³-hybridized carbons (Fsp3) is 0.500. The van der Waals surface area contributed by atoms with Crippen molar-refractivity contribution in [2.24, 2.45) is 0 Å². The van der Waals surface area contributed by atoms with Gasteiger partial charge in [-0.05, 0) is 25.0 Å². The molecule has 0 fully saturated rings. The number of rotatable bonds is 14. The largest absolute Gasteiger partial charge is 1.00 e. The summed E-state index contributed by atoms with van der Waals surface area (Å²) in [6.07, 6.45) is 16.8. The van der Waals surface area contributed by atoms with Gasteiger partial charge in [0.25, 0.3) is 0 Å². The maximum atomic E-state index is 10.5. The smallest absolute Gasteiger partial charge is 0.545 e. The Morgan fingerprint density at radius 1 is 0.868 bits per heavy atom. The zero-order valence-electron chi connectivity index (χ0n) is 23.3. The third-order valence-corrected chi connectivity index (χ3v) is 5.55. The second kappa shape index (κ2) is 23.0. The predicted octanol–water partition coefficient (Wildman–Crippen LogP) is -7.17.